The second-order valence-corrected chi connectivity index (χ2v) is 14.9. The molecule has 11 rings (SSSR count). The Morgan fingerprint density at radius 1 is 0.276 bits per heavy atom. The molecule has 0 saturated heterocycles. The maximum Gasteiger partial charge on any atom is 0.135 e. The SMILES string of the molecule is c1cc(-c2ccc(-c3cccc4ccccc34)cc2)cc(N(c2ccc(-c3cccc4ccccc34)cc2)c2ccccc2-c2ccc3oc4ccccc4c3c2)c1. The lowest BCUT2D eigenvalue weighted by Crippen LogP contribution is -2.11. The summed E-state index contributed by atoms with van der Waals surface area (Å²) in [6.45, 7) is 0. The standard InChI is InChI=1S/C56H37NO/c1-3-18-47-39(12-1)14-10-22-49(47)41-28-26-38(27-29-41)43-16-9-17-46(36-43)57(45-33-30-42(31-34-45)50-23-11-15-40-13-2-4-19-48(40)50)54-24-7-5-20-51(54)44-32-35-56-53(37-44)52-21-6-8-25-55(52)58-56/h1-37H. The summed E-state index contributed by atoms with van der Waals surface area (Å²) in [5.41, 5.74) is 14.5. The van der Waals surface area contributed by atoms with Crippen LogP contribution in [0.4, 0.5) is 17.1 Å². The van der Waals surface area contributed by atoms with Crippen LogP contribution in [0.25, 0.3) is 88.0 Å². The topological polar surface area (TPSA) is 16.4 Å². The van der Waals surface area contributed by atoms with Gasteiger partial charge in [0.25, 0.3) is 0 Å². The van der Waals surface area contributed by atoms with Gasteiger partial charge in [0, 0.05) is 27.7 Å². The van der Waals surface area contributed by atoms with Gasteiger partial charge in [-0.1, -0.05) is 176 Å². The molecule has 0 radical (unpaired) electrons. The third kappa shape index (κ3) is 5.91. The third-order valence-corrected chi connectivity index (χ3v) is 11.5. The van der Waals surface area contributed by atoms with Crippen molar-refractivity contribution >= 4 is 60.5 Å². The van der Waals surface area contributed by atoms with E-state index in [0.717, 1.165) is 55.7 Å². The molecule has 0 atom stereocenters. The van der Waals surface area contributed by atoms with E-state index in [1.807, 2.05) is 12.1 Å². The van der Waals surface area contributed by atoms with Crippen LogP contribution in [0.5, 0.6) is 0 Å². The Morgan fingerprint density at radius 2 is 0.793 bits per heavy atom. The Balaban J connectivity index is 1.04. The molecular weight excluding hydrogens is 703 g/mol. The van der Waals surface area contributed by atoms with Crippen LogP contribution in [0.15, 0.2) is 229 Å². The molecule has 10 aromatic carbocycles. The van der Waals surface area contributed by atoms with E-state index >= 15 is 0 Å². The molecule has 0 N–H and O–H groups in total. The Bertz CT molecular complexity index is 3270. The van der Waals surface area contributed by atoms with Crippen LogP contribution in [0.3, 0.4) is 0 Å². The molecule has 0 saturated carbocycles. The lowest BCUT2D eigenvalue weighted by atomic mass is 9.95. The lowest BCUT2D eigenvalue weighted by molar-refractivity contribution is 0.669. The van der Waals surface area contributed by atoms with Crippen molar-refractivity contribution in [2.24, 2.45) is 0 Å². The Morgan fingerprint density at radius 3 is 1.52 bits per heavy atom. The molecule has 0 unspecified atom stereocenters. The summed E-state index contributed by atoms with van der Waals surface area (Å²) in [7, 11) is 0. The van der Waals surface area contributed by atoms with E-state index in [1.165, 1.54) is 49.4 Å². The summed E-state index contributed by atoms with van der Waals surface area (Å²) in [5, 5.41) is 7.24. The van der Waals surface area contributed by atoms with Crippen molar-refractivity contribution < 1.29 is 4.42 Å². The number of nitrogens with zero attached hydrogens (tertiary/aromatic N) is 1. The van der Waals surface area contributed by atoms with E-state index in [2.05, 4.69) is 217 Å². The monoisotopic (exact) mass is 739 g/mol. The quantitative estimate of drug-likeness (QED) is 0.162. The maximum absolute atomic E-state index is 6.23. The van der Waals surface area contributed by atoms with E-state index < -0.39 is 0 Å². The molecule has 11 aromatic rings. The predicted octanol–water partition coefficient (Wildman–Crippen LogP) is 16.0. The van der Waals surface area contributed by atoms with Crippen LogP contribution in [0.1, 0.15) is 0 Å². The number of benzene rings is 10. The van der Waals surface area contributed by atoms with E-state index in [9.17, 15) is 0 Å². The van der Waals surface area contributed by atoms with Gasteiger partial charge in [-0.25, -0.2) is 0 Å². The number of fused-ring (bicyclic) bond motifs is 5. The molecule has 1 aromatic heterocycles. The fourth-order valence-corrected chi connectivity index (χ4v) is 8.64. The number of rotatable bonds is 7. The molecule has 0 amide bonds. The zero-order valence-electron chi connectivity index (χ0n) is 31.7. The molecule has 2 nitrogen and oxygen atoms in total. The van der Waals surface area contributed by atoms with Crippen molar-refractivity contribution in [3.8, 4) is 44.5 Å². The number of anilines is 3. The first-order chi connectivity index (χ1) is 28.7. The zero-order chi connectivity index (χ0) is 38.4. The second-order valence-electron chi connectivity index (χ2n) is 14.9. The minimum absolute atomic E-state index is 0.891. The van der Waals surface area contributed by atoms with Crippen molar-refractivity contribution in [1.29, 1.82) is 0 Å². The zero-order valence-corrected chi connectivity index (χ0v) is 31.7. The predicted molar refractivity (Wildman–Crippen MR) is 245 cm³/mol. The first-order valence-corrected chi connectivity index (χ1v) is 19.8. The minimum Gasteiger partial charge on any atom is -0.456 e. The average Bonchev–Trinajstić information content (AvgIpc) is 3.67. The second kappa shape index (κ2) is 14.1. The van der Waals surface area contributed by atoms with Crippen LogP contribution < -0.4 is 4.90 Å². The average molecular weight is 740 g/mol. The minimum atomic E-state index is 0.891. The molecule has 0 bridgehead atoms. The van der Waals surface area contributed by atoms with Gasteiger partial charge < -0.3 is 9.32 Å². The first-order valence-electron chi connectivity index (χ1n) is 19.8. The van der Waals surface area contributed by atoms with E-state index in [0.29, 0.717) is 0 Å². The summed E-state index contributed by atoms with van der Waals surface area (Å²) in [4.78, 5) is 2.40. The Kier molecular flexibility index (Phi) is 8.19. The van der Waals surface area contributed by atoms with Crippen molar-refractivity contribution in [3.05, 3.63) is 224 Å². The Hall–Kier alpha value is -7.68. The van der Waals surface area contributed by atoms with Crippen molar-refractivity contribution in [2.45, 2.75) is 0 Å². The highest BCUT2D eigenvalue weighted by Gasteiger charge is 2.19. The lowest BCUT2D eigenvalue weighted by Gasteiger charge is -2.28. The van der Waals surface area contributed by atoms with Crippen LogP contribution in [0, 0.1) is 0 Å². The molecule has 1 heterocycles. The Labute approximate surface area is 337 Å². The van der Waals surface area contributed by atoms with Crippen molar-refractivity contribution in [3.63, 3.8) is 0 Å². The molecule has 0 aliphatic carbocycles. The van der Waals surface area contributed by atoms with Gasteiger partial charge >= 0.3 is 0 Å². The van der Waals surface area contributed by atoms with E-state index in [4.69, 9.17) is 4.42 Å². The summed E-state index contributed by atoms with van der Waals surface area (Å²) in [5.74, 6) is 0. The molecule has 0 spiro atoms. The van der Waals surface area contributed by atoms with Gasteiger partial charge in [0.2, 0.25) is 0 Å². The normalized spacial score (nSPS) is 11.4. The van der Waals surface area contributed by atoms with Crippen molar-refractivity contribution in [1.82, 2.24) is 0 Å². The van der Waals surface area contributed by atoms with E-state index in [1.54, 1.807) is 0 Å². The molecule has 58 heavy (non-hydrogen) atoms. The van der Waals surface area contributed by atoms with Crippen LogP contribution in [-0.4, -0.2) is 0 Å². The van der Waals surface area contributed by atoms with Gasteiger partial charge in [-0.05, 0) is 109 Å². The first kappa shape index (κ1) is 33.6. The highest BCUT2D eigenvalue weighted by atomic mass is 16.3. The van der Waals surface area contributed by atoms with Gasteiger partial charge in [-0.3, -0.25) is 0 Å². The van der Waals surface area contributed by atoms with Gasteiger partial charge in [-0.15, -0.1) is 0 Å². The van der Waals surface area contributed by atoms with E-state index in [-0.39, 0.29) is 0 Å². The van der Waals surface area contributed by atoms with Gasteiger partial charge in [0.05, 0.1) is 5.69 Å². The van der Waals surface area contributed by atoms with Gasteiger partial charge in [-0.2, -0.15) is 0 Å². The van der Waals surface area contributed by atoms with Crippen LogP contribution in [0.2, 0.25) is 0 Å². The summed E-state index contributed by atoms with van der Waals surface area (Å²) >= 11 is 0. The molecule has 2 heteroatoms. The maximum atomic E-state index is 6.23. The van der Waals surface area contributed by atoms with Crippen LogP contribution in [-0.2, 0) is 0 Å². The number of hydrogen-bond donors (Lipinski definition) is 0. The van der Waals surface area contributed by atoms with Gasteiger partial charge in [0.15, 0.2) is 0 Å². The molecule has 0 aliphatic heterocycles. The highest BCUT2D eigenvalue weighted by Crippen LogP contribution is 2.44. The number of para-hydroxylation sites is 2. The number of hydrogen-bond acceptors (Lipinski definition) is 2. The van der Waals surface area contributed by atoms with Gasteiger partial charge in [0.1, 0.15) is 11.2 Å². The smallest absolute Gasteiger partial charge is 0.135 e. The fourth-order valence-electron chi connectivity index (χ4n) is 8.64. The molecule has 272 valence electrons. The summed E-state index contributed by atoms with van der Waals surface area (Å²) in [6, 6.07) is 80.8. The largest absolute Gasteiger partial charge is 0.456 e. The number of furan rings is 1. The highest BCUT2D eigenvalue weighted by molar-refractivity contribution is 6.07. The molecule has 0 aliphatic rings. The summed E-state index contributed by atoms with van der Waals surface area (Å²) in [6.07, 6.45) is 0. The summed E-state index contributed by atoms with van der Waals surface area (Å²) < 4.78 is 6.23. The van der Waals surface area contributed by atoms with Crippen LogP contribution >= 0.6 is 0 Å². The molecular formula is C56H37NO. The fraction of sp³-hybridized carbons (Fsp3) is 0. The molecule has 0 fully saturated rings. The third-order valence-electron chi connectivity index (χ3n) is 11.5. The van der Waals surface area contributed by atoms with Crippen molar-refractivity contribution in [2.75, 3.05) is 4.90 Å².